The predicted molar refractivity (Wildman–Crippen MR) is 87.5 cm³/mol. The van der Waals surface area contributed by atoms with E-state index in [1.165, 1.54) is 6.07 Å². The van der Waals surface area contributed by atoms with Crippen LogP contribution >= 0.6 is 22.9 Å². The van der Waals surface area contributed by atoms with Crippen LogP contribution in [-0.4, -0.2) is 15.4 Å². The number of anilines is 1. The first-order valence-corrected chi connectivity index (χ1v) is 8.98. The molecular formula is C13H13ClN2O3S2. The quantitative estimate of drug-likeness (QED) is 0.639. The largest absolute Gasteiger partial charge is 0.380 e. The summed E-state index contributed by atoms with van der Waals surface area (Å²) in [5.41, 5.74) is 2.49. The molecule has 0 aliphatic rings. The fraction of sp³-hybridized carbons (Fsp3) is 0.231. The van der Waals surface area contributed by atoms with E-state index >= 15 is 0 Å². The highest BCUT2D eigenvalue weighted by molar-refractivity contribution is 7.83. The van der Waals surface area contributed by atoms with E-state index in [2.05, 4.69) is 5.32 Å². The van der Waals surface area contributed by atoms with Gasteiger partial charge in [-0.15, -0.1) is 0 Å². The number of halogens is 1. The van der Waals surface area contributed by atoms with E-state index in [1.54, 1.807) is 17.7 Å². The van der Waals surface area contributed by atoms with Crippen LogP contribution in [0.4, 0.5) is 10.7 Å². The molecule has 2 rings (SSSR count). The van der Waals surface area contributed by atoms with E-state index in [0.717, 1.165) is 28.2 Å². The minimum Gasteiger partial charge on any atom is -0.380 e. The summed E-state index contributed by atoms with van der Waals surface area (Å²) < 4.78 is 11.3. The van der Waals surface area contributed by atoms with Gasteiger partial charge in [0, 0.05) is 40.8 Å². The highest BCUT2D eigenvalue weighted by Gasteiger charge is 2.10. The lowest BCUT2D eigenvalue weighted by Gasteiger charge is -2.09. The predicted octanol–water partition coefficient (Wildman–Crippen LogP) is 3.80. The van der Waals surface area contributed by atoms with Crippen LogP contribution < -0.4 is 5.32 Å². The molecule has 0 aliphatic carbocycles. The zero-order valence-electron chi connectivity index (χ0n) is 11.2. The van der Waals surface area contributed by atoms with Crippen molar-refractivity contribution in [1.82, 2.24) is 0 Å². The van der Waals surface area contributed by atoms with Crippen molar-refractivity contribution in [1.29, 1.82) is 0 Å². The van der Waals surface area contributed by atoms with Crippen LogP contribution in [-0.2, 0) is 23.1 Å². The normalized spacial score (nSPS) is 12.1. The van der Waals surface area contributed by atoms with E-state index in [0.29, 0.717) is 17.3 Å². The molecule has 8 heteroatoms. The summed E-state index contributed by atoms with van der Waals surface area (Å²) in [4.78, 5) is 10.2. The first-order valence-electron chi connectivity index (χ1n) is 6.00. The number of rotatable bonds is 6. The average Bonchev–Trinajstić information content (AvgIpc) is 2.88. The molecule has 1 aromatic heterocycles. The lowest BCUT2D eigenvalue weighted by molar-refractivity contribution is -0.380. The lowest BCUT2D eigenvalue weighted by atomic mass is 10.2. The summed E-state index contributed by atoms with van der Waals surface area (Å²) in [6.45, 7) is 0.447. The summed E-state index contributed by atoms with van der Waals surface area (Å²) >= 11 is 7.21. The van der Waals surface area contributed by atoms with Crippen molar-refractivity contribution < 1.29 is 9.13 Å². The van der Waals surface area contributed by atoms with Gasteiger partial charge in [0.2, 0.25) is 0 Å². The van der Waals surface area contributed by atoms with Crippen LogP contribution in [0.1, 0.15) is 11.1 Å². The smallest absolute Gasteiger partial charge is 0.324 e. The van der Waals surface area contributed by atoms with Crippen molar-refractivity contribution in [2.75, 3.05) is 11.6 Å². The number of benzene rings is 1. The molecule has 2 aromatic rings. The summed E-state index contributed by atoms with van der Waals surface area (Å²) in [7, 11) is -0.917. The molecule has 0 unspecified atom stereocenters. The van der Waals surface area contributed by atoms with Gasteiger partial charge in [0.25, 0.3) is 0 Å². The molecule has 0 spiro atoms. The minimum atomic E-state index is -0.917. The Bertz CT molecular complexity index is 688. The van der Waals surface area contributed by atoms with Gasteiger partial charge in [0.05, 0.1) is 15.6 Å². The van der Waals surface area contributed by atoms with Gasteiger partial charge >= 0.3 is 5.00 Å². The minimum absolute atomic E-state index is 0.119. The molecule has 1 atom stereocenters. The van der Waals surface area contributed by atoms with E-state index in [9.17, 15) is 14.3 Å². The summed E-state index contributed by atoms with van der Waals surface area (Å²) in [6.07, 6.45) is 1.65. The van der Waals surface area contributed by atoms with Gasteiger partial charge in [-0.25, -0.2) is 0 Å². The van der Waals surface area contributed by atoms with Crippen LogP contribution in [0.25, 0.3) is 0 Å². The third-order valence-corrected chi connectivity index (χ3v) is 4.70. The van der Waals surface area contributed by atoms with Gasteiger partial charge in [0.1, 0.15) is 0 Å². The van der Waals surface area contributed by atoms with Gasteiger partial charge in [-0.2, -0.15) is 0 Å². The number of hydrogen-bond acceptors (Lipinski definition) is 5. The number of nitro groups is 1. The third kappa shape index (κ3) is 4.52. The Hall–Kier alpha value is -1.44. The zero-order valence-corrected chi connectivity index (χ0v) is 13.6. The van der Waals surface area contributed by atoms with Crippen molar-refractivity contribution >= 4 is 44.4 Å². The first kappa shape index (κ1) is 15.9. The number of hydrogen-bond donors (Lipinski definition) is 1. The van der Waals surface area contributed by atoms with Crippen molar-refractivity contribution in [2.45, 2.75) is 12.3 Å². The molecule has 0 saturated carbocycles. The maximum atomic E-state index is 11.3. The SMILES string of the molecule is C[S@](=O)Cc1ccc(Cl)c(NCc2csc([N+](=O)[O-])c2)c1. The molecule has 0 amide bonds. The van der Waals surface area contributed by atoms with Crippen molar-refractivity contribution in [3.8, 4) is 0 Å². The van der Waals surface area contributed by atoms with Crippen molar-refractivity contribution in [2.24, 2.45) is 0 Å². The third-order valence-electron chi connectivity index (χ3n) is 2.70. The van der Waals surface area contributed by atoms with Gasteiger partial charge < -0.3 is 5.32 Å². The molecule has 0 aliphatic heterocycles. The van der Waals surface area contributed by atoms with E-state index < -0.39 is 15.7 Å². The molecule has 0 radical (unpaired) electrons. The van der Waals surface area contributed by atoms with Gasteiger partial charge in [0.15, 0.2) is 0 Å². The number of thiophene rings is 1. The standard InChI is InChI=1S/C13H13ClN2O3S2/c1-21(19)8-9-2-3-11(14)12(4-9)15-6-10-5-13(16(17)18)20-7-10/h2-5,7,15H,6,8H2,1H3/t21-/m0/s1. The van der Waals surface area contributed by atoms with Crippen molar-refractivity contribution in [3.05, 3.63) is 55.9 Å². The van der Waals surface area contributed by atoms with E-state index in [-0.39, 0.29) is 5.00 Å². The van der Waals surface area contributed by atoms with Crippen LogP contribution in [0.5, 0.6) is 0 Å². The molecule has 112 valence electrons. The first-order chi connectivity index (χ1) is 9.95. The Morgan fingerprint density at radius 3 is 2.76 bits per heavy atom. The highest BCUT2D eigenvalue weighted by atomic mass is 35.5. The number of nitrogens with zero attached hydrogens (tertiary/aromatic N) is 1. The Kier molecular flexibility index (Phi) is 5.33. The average molecular weight is 345 g/mol. The lowest BCUT2D eigenvalue weighted by Crippen LogP contribution is -2.00. The summed E-state index contributed by atoms with van der Waals surface area (Å²) in [6, 6.07) is 6.98. The fourth-order valence-corrected chi connectivity index (χ4v) is 3.34. The van der Waals surface area contributed by atoms with Crippen LogP contribution in [0.2, 0.25) is 5.02 Å². The van der Waals surface area contributed by atoms with Gasteiger partial charge in [-0.1, -0.05) is 29.0 Å². The van der Waals surface area contributed by atoms with Gasteiger partial charge in [-0.05, 0) is 23.3 Å². The molecule has 1 heterocycles. The summed E-state index contributed by atoms with van der Waals surface area (Å²) in [5.74, 6) is 0.468. The fourth-order valence-electron chi connectivity index (χ4n) is 1.78. The Morgan fingerprint density at radius 2 is 2.14 bits per heavy atom. The molecule has 5 nitrogen and oxygen atoms in total. The van der Waals surface area contributed by atoms with E-state index in [4.69, 9.17) is 11.6 Å². The molecule has 21 heavy (non-hydrogen) atoms. The second-order valence-corrected chi connectivity index (χ2v) is 7.17. The molecule has 0 fully saturated rings. The van der Waals surface area contributed by atoms with Crippen LogP contribution in [0.15, 0.2) is 29.6 Å². The van der Waals surface area contributed by atoms with E-state index in [1.807, 2.05) is 12.1 Å². The topological polar surface area (TPSA) is 72.2 Å². The summed E-state index contributed by atoms with van der Waals surface area (Å²) in [5, 5.41) is 16.2. The Morgan fingerprint density at radius 1 is 1.38 bits per heavy atom. The van der Waals surface area contributed by atoms with Crippen LogP contribution in [0, 0.1) is 10.1 Å². The molecule has 1 aromatic carbocycles. The second kappa shape index (κ2) is 7.02. The van der Waals surface area contributed by atoms with Crippen molar-refractivity contribution in [3.63, 3.8) is 0 Å². The zero-order chi connectivity index (χ0) is 15.4. The molecule has 0 saturated heterocycles. The molecular weight excluding hydrogens is 332 g/mol. The highest BCUT2D eigenvalue weighted by Crippen LogP contribution is 2.26. The second-order valence-electron chi connectivity index (χ2n) is 4.44. The molecule has 0 bridgehead atoms. The number of nitrogens with one attached hydrogen (secondary N) is 1. The Balaban J connectivity index is 2.07. The maximum absolute atomic E-state index is 11.3. The maximum Gasteiger partial charge on any atom is 0.324 e. The molecule has 1 N–H and O–H groups in total. The van der Waals surface area contributed by atoms with Crippen LogP contribution in [0.3, 0.4) is 0 Å². The van der Waals surface area contributed by atoms with Gasteiger partial charge in [-0.3, -0.25) is 14.3 Å². The monoisotopic (exact) mass is 344 g/mol. The Labute approximate surface area is 133 Å².